The van der Waals surface area contributed by atoms with E-state index < -0.39 is 11.8 Å². The molecule has 10 heteroatoms. The summed E-state index contributed by atoms with van der Waals surface area (Å²) < 4.78 is 12.2. The van der Waals surface area contributed by atoms with E-state index in [1.54, 1.807) is 37.5 Å². The van der Waals surface area contributed by atoms with Crippen LogP contribution in [0.1, 0.15) is 67.3 Å². The molecule has 3 N–H and O–H groups in total. The zero-order chi connectivity index (χ0) is 27.7. The molecular weight excluding hydrogens is 564 g/mol. The van der Waals surface area contributed by atoms with Gasteiger partial charge in [-0.25, -0.2) is 5.43 Å². The summed E-state index contributed by atoms with van der Waals surface area (Å²) in [5, 5.41) is 5.30. The van der Waals surface area contributed by atoms with Crippen LogP contribution in [-0.4, -0.2) is 23.4 Å². The fraction of sp³-hybridized carbons (Fsp3) is 0.241. The normalized spacial score (nSPS) is 13.8. The average molecular weight is 591 g/mol. The standard InChI is InChI=1S/C29H27BrN4O5/c1-15-11-12-19-18(14-38-26(19)16(15)2)13-24(35)32-31-22-9-6-10-23-25(22)17(3)27(39-23)29(37)34-33-28(36)20-7-4-5-8-21(20)30/h4-5,7-8,11-12,14H,6,9-10,13H2,1-3H3,(H,32,35)(H,33,36)(H,34,37)/b31-22+. The highest BCUT2D eigenvalue weighted by Gasteiger charge is 2.28. The topological polar surface area (TPSA) is 126 Å². The van der Waals surface area contributed by atoms with E-state index in [4.69, 9.17) is 8.83 Å². The monoisotopic (exact) mass is 590 g/mol. The Balaban J connectivity index is 1.28. The van der Waals surface area contributed by atoms with Gasteiger partial charge in [-0.3, -0.25) is 25.2 Å². The highest BCUT2D eigenvalue weighted by atomic mass is 79.9. The Morgan fingerprint density at radius 1 is 0.974 bits per heavy atom. The molecule has 0 spiro atoms. The smallest absolute Gasteiger partial charge is 0.305 e. The number of benzene rings is 2. The van der Waals surface area contributed by atoms with Crippen LogP contribution in [0.3, 0.4) is 0 Å². The number of hydrazone groups is 1. The van der Waals surface area contributed by atoms with E-state index in [2.05, 4.69) is 37.3 Å². The molecule has 2 heterocycles. The molecule has 5 rings (SSSR count). The molecule has 0 unspecified atom stereocenters. The van der Waals surface area contributed by atoms with Crippen LogP contribution in [0.2, 0.25) is 0 Å². The van der Waals surface area contributed by atoms with E-state index >= 15 is 0 Å². The van der Waals surface area contributed by atoms with Crippen molar-refractivity contribution in [1.29, 1.82) is 0 Å². The summed E-state index contributed by atoms with van der Waals surface area (Å²) in [7, 11) is 0. The van der Waals surface area contributed by atoms with Crippen LogP contribution in [0.5, 0.6) is 0 Å². The van der Waals surface area contributed by atoms with E-state index in [0.717, 1.165) is 34.1 Å². The maximum atomic E-state index is 12.9. The number of hydrogen-bond donors (Lipinski definition) is 3. The summed E-state index contributed by atoms with van der Waals surface area (Å²) in [6, 6.07) is 10.9. The second-order valence-electron chi connectivity index (χ2n) is 9.51. The molecule has 1 aliphatic rings. The van der Waals surface area contributed by atoms with Gasteiger partial charge in [-0.15, -0.1) is 0 Å². The highest BCUT2D eigenvalue weighted by Crippen LogP contribution is 2.30. The number of carbonyl (C=O) groups excluding carboxylic acids is 3. The van der Waals surface area contributed by atoms with Gasteiger partial charge < -0.3 is 8.83 Å². The second kappa shape index (κ2) is 10.9. The van der Waals surface area contributed by atoms with Crippen molar-refractivity contribution in [3.63, 3.8) is 0 Å². The Bertz CT molecular complexity index is 1650. The van der Waals surface area contributed by atoms with E-state index in [1.165, 1.54) is 0 Å². The van der Waals surface area contributed by atoms with Gasteiger partial charge in [0.25, 0.3) is 5.91 Å². The highest BCUT2D eigenvalue weighted by molar-refractivity contribution is 9.10. The van der Waals surface area contributed by atoms with E-state index in [-0.39, 0.29) is 18.1 Å². The number of halogens is 1. The van der Waals surface area contributed by atoms with Crippen LogP contribution < -0.4 is 16.3 Å². The number of furan rings is 2. The summed E-state index contributed by atoms with van der Waals surface area (Å²) in [5.74, 6) is -0.609. The van der Waals surface area contributed by atoms with Crippen LogP contribution in [0.25, 0.3) is 11.0 Å². The molecule has 0 fully saturated rings. The molecule has 0 saturated carbocycles. The summed E-state index contributed by atoms with van der Waals surface area (Å²) in [4.78, 5) is 38.1. The molecule has 4 aromatic rings. The zero-order valence-corrected chi connectivity index (χ0v) is 23.3. The van der Waals surface area contributed by atoms with Crippen LogP contribution in [0.15, 0.2) is 61.1 Å². The Labute approximate surface area is 233 Å². The summed E-state index contributed by atoms with van der Waals surface area (Å²) in [5.41, 5.74) is 13.6. The lowest BCUT2D eigenvalue weighted by Crippen LogP contribution is -2.41. The minimum Gasteiger partial charge on any atom is -0.464 e. The molecule has 0 saturated heterocycles. The number of aryl methyl sites for hydroxylation is 3. The van der Waals surface area contributed by atoms with Gasteiger partial charge in [0.15, 0.2) is 5.76 Å². The number of hydrogen-bond acceptors (Lipinski definition) is 6. The molecule has 0 atom stereocenters. The Hall–Kier alpha value is -4.18. The molecule has 3 amide bonds. The minimum atomic E-state index is -0.581. The first-order chi connectivity index (χ1) is 18.7. The molecule has 0 bridgehead atoms. The van der Waals surface area contributed by atoms with Gasteiger partial charge in [-0.1, -0.05) is 24.3 Å². The maximum absolute atomic E-state index is 12.9. The third-order valence-corrected chi connectivity index (χ3v) is 7.64. The molecule has 200 valence electrons. The fourth-order valence-electron chi connectivity index (χ4n) is 4.75. The average Bonchev–Trinajstić information content (AvgIpc) is 3.49. The predicted molar refractivity (Wildman–Crippen MR) is 150 cm³/mol. The van der Waals surface area contributed by atoms with E-state index in [0.29, 0.717) is 45.5 Å². The Morgan fingerprint density at radius 2 is 1.74 bits per heavy atom. The van der Waals surface area contributed by atoms with Crippen molar-refractivity contribution in [3.8, 4) is 0 Å². The molecule has 9 nitrogen and oxygen atoms in total. The summed E-state index contributed by atoms with van der Waals surface area (Å²) in [6.45, 7) is 5.78. The molecule has 39 heavy (non-hydrogen) atoms. The quantitative estimate of drug-likeness (QED) is 0.276. The Morgan fingerprint density at radius 3 is 2.54 bits per heavy atom. The van der Waals surface area contributed by atoms with Crippen molar-refractivity contribution in [2.75, 3.05) is 0 Å². The van der Waals surface area contributed by atoms with Gasteiger partial charge >= 0.3 is 5.91 Å². The number of fused-ring (bicyclic) bond motifs is 2. The van der Waals surface area contributed by atoms with Crippen molar-refractivity contribution < 1.29 is 23.2 Å². The van der Waals surface area contributed by atoms with Crippen molar-refractivity contribution in [1.82, 2.24) is 16.3 Å². The number of carbonyl (C=O) groups is 3. The van der Waals surface area contributed by atoms with Crippen LogP contribution in [0, 0.1) is 20.8 Å². The molecular formula is C29H27BrN4O5. The van der Waals surface area contributed by atoms with Crippen molar-refractivity contribution in [2.24, 2.45) is 5.10 Å². The van der Waals surface area contributed by atoms with Gasteiger partial charge in [-0.05, 0) is 72.8 Å². The second-order valence-corrected chi connectivity index (χ2v) is 10.4. The van der Waals surface area contributed by atoms with Crippen molar-refractivity contribution in [2.45, 2.75) is 46.5 Å². The zero-order valence-electron chi connectivity index (χ0n) is 21.7. The van der Waals surface area contributed by atoms with Gasteiger partial charge in [-0.2, -0.15) is 5.10 Å². The lowest BCUT2D eigenvalue weighted by atomic mass is 9.93. The lowest BCUT2D eigenvalue weighted by molar-refractivity contribution is -0.120. The third kappa shape index (κ3) is 5.24. The summed E-state index contributed by atoms with van der Waals surface area (Å²) >= 11 is 3.32. The van der Waals surface area contributed by atoms with Gasteiger partial charge in [0.1, 0.15) is 11.3 Å². The lowest BCUT2D eigenvalue weighted by Gasteiger charge is -2.13. The van der Waals surface area contributed by atoms with Gasteiger partial charge in [0.2, 0.25) is 5.91 Å². The van der Waals surface area contributed by atoms with Gasteiger partial charge in [0, 0.05) is 33.0 Å². The fourth-order valence-corrected chi connectivity index (χ4v) is 5.21. The number of amides is 3. The number of hydrazine groups is 1. The first kappa shape index (κ1) is 26.4. The molecule has 2 aromatic heterocycles. The summed E-state index contributed by atoms with van der Waals surface area (Å²) in [6.07, 6.45) is 3.76. The Kier molecular flexibility index (Phi) is 7.38. The molecule has 2 aromatic carbocycles. The first-order valence-electron chi connectivity index (χ1n) is 12.5. The molecule has 0 aliphatic heterocycles. The van der Waals surface area contributed by atoms with E-state index in [1.807, 2.05) is 26.0 Å². The number of rotatable bonds is 5. The predicted octanol–water partition coefficient (Wildman–Crippen LogP) is 5.19. The minimum absolute atomic E-state index is 0.0869. The number of nitrogens with zero attached hydrogens (tertiary/aromatic N) is 1. The van der Waals surface area contributed by atoms with E-state index in [9.17, 15) is 14.4 Å². The van der Waals surface area contributed by atoms with Crippen LogP contribution in [0.4, 0.5) is 0 Å². The first-order valence-corrected chi connectivity index (χ1v) is 13.3. The third-order valence-electron chi connectivity index (χ3n) is 6.95. The largest absolute Gasteiger partial charge is 0.464 e. The van der Waals surface area contributed by atoms with Crippen molar-refractivity contribution in [3.05, 3.63) is 92.0 Å². The maximum Gasteiger partial charge on any atom is 0.305 e. The van der Waals surface area contributed by atoms with Crippen LogP contribution in [-0.2, 0) is 17.6 Å². The molecule has 1 aliphatic carbocycles. The van der Waals surface area contributed by atoms with Gasteiger partial charge in [0.05, 0.1) is 24.0 Å². The van der Waals surface area contributed by atoms with Crippen molar-refractivity contribution >= 4 is 50.3 Å². The molecule has 0 radical (unpaired) electrons. The SMILES string of the molecule is Cc1ccc2c(CC(=O)N/N=C3\CCCc4oc(C(=O)NNC(=O)c5ccccc5Br)c(C)c43)coc2c1C. The van der Waals surface area contributed by atoms with Crippen LogP contribution >= 0.6 is 15.9 Å². The number of nitrogens with one attached hydrogen (secondary N) is 3.